The fraction of sp³-hybridized carbons (Fsp3) is 0.312. The van der Waals surface area contributed by atoms with Crippen molar-refractivity contribution in [2.75, 3.05) is 12.3 Å². The van der Waals surface area contributed by atoms with Crippen LogP contribution in [-0.2, 0) is 13.0 Å². The smallest absolute Gasteiger partial charge is 0.257 e. The molecule has 0 spiro atoms. The number of hydrogen-bond acceptors (Lipinski definition) is 3. The van der Waals surface area contributed by atoms with Crippen LogP contribution in [0.5, 0.6) is 0 Å². The van der Waals surface area contributed by atoms with Crippen molar-refractivity contribution in [1.82, 2.24) is 4.90 Å². The molecule has 3 rings (SSSR count). The number of furan rings is 1. The summed E-state index contributed by atoms with van der Waals surface area (Å²) in [6.45, 7) is 5.00. The molecule has 2 heterocycles. The first-order chi connectivity index (χ1) is 9.56. The van der Waals surface area contributed by atoms with Crippen LogP contribution in [0.25, 0.3) is 0 Å². The van der Waals surface area contributed by atoms with Gasteiger partial charge in [-0.05, 0) is 43.5 Å². The molecule has 104 valence electrons. The lowest BCUT2D eigenvalue weighted by atomic mass is 9.97. The van der Waals surface area contributed by atoms with E-state index in [-0.39, 0.29) is 5.91 Å². The Morgan fingerprint density at radius 3 is 2.85 bits per heavy atom. The van der Waals surface area contributed by atoms with Crippen LogP contribution in [0, 0.1) is 13.8 Å². The molecule has 0 saturated carbocycles. The first-order valence-electron chi connectivity index (χ1n) is 6.79. The number of carbonyl (C=O) groups excluding carboxylic acids is 1. The SMILES string of the molecule is Cc1cc(C(=O)N2CCc3c(N)cccc3C2)c(C)o1. The molecule has 1 amide bonds. The van der Waals surface area contributed by atoms with E-state index in [1.165, 1.54) is 5.56 Å². The van der Waals surface area contributed by atoms with Gasteiger partial charge in [0.15, 0.2) is 0 Å². The van der Waals surface area contributed by atoms with Gasteiger partial charge in [-0.15, -0.1) is 0 Å². The second-order valence-corrected chi connectivity index (χ2v) is 5.29. The predicted octanol–water partition coefficient (Wildman–Crippen LogP) is 2.68. The maximum absolute atomic E-state index is 12.6. The van der Waals surface area contributed by atoms with Crippen molar-refractivity contribution in [2.24, 2.45) is 0 Å². The number of rotatable bonds is 1. The summed E-state index contributed by atoms with van der Waals surface area (Å²) >= 11 is 0. The first-order valence-corrected chi connectivity index (χ1v) is 6.79. The van der Waals surface area contributed by atoms with Crippen molar-refractivity contribution in [1.29, 1.82) is 0 Å². The van der Waals surface area contributed by atoms with Gasteiger partial charge in [0.1, 0.15) is 11.5 Å². The Balaban J connectivity index is 1.87. The summed E-state index contributed by atoms with van der Waals surface area (Å²) in [5.74, 6) is 1.49. The lowest BCUT2D eigenvalue weighted by Gasteiger charge is -2.29. The summed E-state index contributed by atoms with van der Waals surface area (Å²) in [6.07, 6.45) is 0.809. The summed E-state index contributed by atoms with van der Waals surface area (Å²) < 4.78 is 5.45. The maximum Gasteiger partial charge on any atom is 0.257 e. The maximum atomic E-state index is 12.6. The van der Waals surface area contributed by atoms with Gasteiger partial charge in [0.25, 0.3) is 5.91 Å². The van der Waals surface area contributed by atoms with Crippen LogP contribution in [-0.4, -0.2) is 17.4 Å². The van der Waals surface area contributed by atoms with Crippen molar-refractivity contribution in [3.63, 3.8) is 0 Å². The highest BCUT2D eigenvalue weighted by molar-refractivity contribution is 5.95. The average Bonchev–Trinajstić information content (AvgIpc) is 2.77. The van der Waals surface area contributed by atoms with E-state index in [4.69, 9.17) is 10.2 Å². The van der Waals surface area contributed by atoms with E-state index in [0.29, 0.717) is 24.4 Å². The van der Waals surface area contributed by atoms with Crippen molar-refractivity contribution in [2.45, 2.75) is 26.8 Å². The van der Waals surface area contributed by atoms with Gasteiger partial charge < -0.3 is 15.1 Å². The molecule has 1 aromatic carbocycles. The van der Waals surface area contributed by atoms with E-state index in [2.05, 4.69) is 0 Å². The molecule has 2 aromatic rings. The Bertz CT molecular complexity index is 673. The van der Waals surface area contributed by atoms with E-state index in [1.54, 1.807) is 0 Å². The van der Waals surface area contributed by atoms with E-state index in [1.807, 2.05) is 43.0 Å². The van der Waals surface area contributed by atoms with Gasteiger partial charge in [-0.1, -0.05) is 12.1 Å². The van der Waals surface area contributed by atoms with Crippen LogP contribution in [0.1, 0.15) is 33.0 Å². The first kappa shape index (κ1) is 12.8. The van der Waals surface area contributed by atoms with Crippen molar-refractivity contribution < 1.29 is 9.21 Å². The second-order valence-electron chi connectivity index (χ2n) is 5.29. The lowest BCUT2D eigenvalue weighted by Crippen LogP contribution is -2.36. The third-order valence-electron chi connectivity index (χ3n) is 3.86. The zero-order valence-corrected chi connectivity index (χ0v) is 11.8. The zero-order valence-electron chi connectivity index (χ0n) is 11.8. The Labute approximate surface area is 118 Å². The highest BCUT2D eigenvalue weighted by Gasteiger charge is 2.25. The standard InChI is InChI=1S/C16H18N2O2/c1-10-8-14(11(2)20-10)16(19)18-7-6-13-12(9-18)4-3-5-15(13)17/h3-5,8H,6-7,9,17H2,1-2H3. The molecule has 0 fully saturated rings. The largest absolute Gasteiger partial charge is 0.466 e. The van der Waals surface area contributed by atoms with Crippen LogP contribution in [0.3, 0.4) is 0 Å². The number of fused-ring (bicyclic) bond motifs is 1. The van der Waals surface area contributed by atoms with Gasteiger partial charge in [-0.2, -0.15) is 0 Å². The minimum absolute atomic E-state index is 0.0347. The highest BCUT2D eigenvalue weighted by Crippen LogP contribution is 2.26. The fourth-order valence-electron chi connectivity index (χ4n) is 2.83. The van der Waals surface area contributed by atoms with Gasteiger partial charge in [0.05, 0.1) is 5.56 Å². The predicted molar refractivity (Wildman–Crippen MR) is 77.5 cm³/mol. The Hall–Kier alpha value is -2.23. The minimum Gasteiger partial charge on any atom is -0.466 e. The Kier molecular flexibility index (Phi) is 3.01. The third kappa shape index (κ3) is 2.07. The van der Waals surface area contributed by atoms with E-state index in [9.17, 15) is 4.79 Å². The fourth-order valence-corrected chi connectivity index (χ4v) is 2.83. The molecular formula is C16H18N2O2. The zero-order chi connectivity index (χ0) is 14.3. The molecular weight excluding hydrogens is 252 g/mol. The van der Waals surface area contributed by atoms with Gasteiger partial charge in [0, 0.05) is 18.8 Å². The topological polar surface area (TPSA) is 59.5 Å². The number of carbonyl (C=O) groups is 1. The third-order valence-corrected chi connectivity index (χ3v) is 3.86. The summed E-state index contributed by atoms with van der Waals surface area (Å²) in [7, 11) is 0. The monoisotopic (exact) mass is 270 g/mol. The van der Waals surface area contributed by atoms with Gasteiger partial charge in [-0.3, -0.25) is 4.79 Å². The summed E-state index contributed by atoms with van der Waals surface area (Å²) in [4.78, 5) is 14.4. The number of anilines is 1. The van der Waals surface area contributed by atoms with E-state index < -0.39 is 0 Å². The molecule has 0 atom stereocenters. The summed E-state index contributed by atoms with van der Waals surface area (Å²) in [5, 5.41) is 0. The molecule has 20 heavy (non-hydrogen) atoms. The van der Waals surface area contributed by atoms with Crippen LogP contribution < -0.4 is 5.73 Å². The van der Waals surface area contributed by atoms with Gasteiger partial charge in [0.2, 0.25) is 0 Å². The normalized spacial score (nSPS) is 14.2. The van der Waals surface area contributed by atoms with Crippen LogP contribution in [0.2, 0.25) is 0 Å². The second kappa shape index (κ2) is 4.71. The molecule has 0 radical (unpaired) electrons. The molecule has 0 aliphatic carbocycles. The molecule has 0 unspecified atom stereocenters. The summed E-state index contributed by atoms with van der Waals surface area (Å²) in [6, 6.07) is 7.71. The molecule has 1 aromatic heterocycles. The number of amides is 1. The average molecular weight is 270 g/mol. The van der Waals surface area contributed by atoms with Crippen LogP contribution in [0.4, 0.5) is 5.69 Å². The summed E-state index contributed by atoms with van der Waals surface area (Å²) in [5.41, 5.74) is 9.79. The van der Waals surface area contributed by atoms with Crippen molar-refractivity contribution in [3.8, 4) is 0 Å². The number of benzene rings is 1. The van der Waals surface area contributed by atoms with E-state index >= 15 is 0 Å². The number of nitrogens with two attached hydrogens (primary N) is 1. The number of nitrogens with zero attached hydrogens (tertiary/aromatic N) is 1. The molecule has 2 N–H and O–H groups in total. The van der Waals surface area contributed by atoms with E-state index in [0.717, 1.165) is 23.4 Å². The lowest BCUT2D eigenvalue weighted by molar-refractivity contribution is 0.0733. The molecule has 0 bridgehead atoms. The van der Waals surface area contributed by atoms with Crippen LogP contribution in [0.15, 0.2) is 28.7 Å². The van der Waals surface area contributed by atoms with Gasteiger partial charge in [-0.25, -0.2) is 0 Å². The van der Waals surface area contributed by atoms with Crippen LogP contribution >= 0.6 is 0 Å². The number of hydrogen-bond donors (Lipinski definition) is 1. The Morgan fingerprint density at radius 1 is 1.35 bits per heavy atom. The molecule has 4 heteroatoms. The minimum atomic E-state index is 0.0347. The van der Waals surface area contributed by atoms with Gasteiger partial charge >= 0.3 is 0 Å². The highest BCUT2D eigenvalue weighted by atomic mass is 16.3. The van der Waals surface area contributed by atoms with Crippen molar-refractivity contribution >= 4 is 11.6 Å². The molecule has 4 nitrogen and oxygen atoms in total. The molecule has 1 aliphatic heterocycles. The molecule has 0 saturated heterocycles. The molecule has 1 aliphatic rings. The van der Waals surface area contributed by atoms with Crippen molar-refractivity contribution in [3.05, 3.63) is 52.5 Å². The quantitative estimate of drug-likeness (QED) is 0.810. The number of nitrogen functional groups attached to an aromatic ring is 1. The Morgan fingerprint density at radius 2 is 2.15 bits per heavy atom. The number of aryl methyl sites for hydroxylation is 2.